The van der Waals surface area contributed by atoms with Crippen molar-refractivity contribution in [2.45, 2.75) is 19.1 Å². The Morgan fingerprint density at radius 3 is 2.48 bits per heavy atom. The molecule has 0 saturated heterocycles. The van der Waals surface area contributed by atoms with E-state index in [0.29, 0.717) is 22.2 Å². The van der Waals surface area contributed by atoms with Crippen LogP contribution in [0.15, 0.2) is 60.0 Å². The van der Waals surface area contributed by atoms with Crippen LogP contribution in [-0.2, 0) is 0 Å². The lowest BCUT2D eigenvalue weighted by molar-refractivity contribution is 0.118. The van der Waals surface area contributed by atoms with Gasteiger partial charge in [-0.2, -0.15) is 0 Å². The third-order valence-electron chi connectivity index (χ3n) is 4.74. The van der Waals surface area contributed by atoms with Gasteiger partial charge in [-0.05, 0) is 30.2 Å². The second kappa shape index (κ2) is 8.47. The summed E-state index contributed by atoms with van der Waals surface area (Å²) in [6.45, 7) is 1.56. The molecule has 4 aromatic rings. The van der Waals surface area contributed by atoms with Crippen molar-refractivity contribution in [3.05, 3.63) is 76.4 Å². The number of nitrogens with zero attached hydrogens (tertiary/aromatic N) is 2. The van der Waals surface area contributed by atoms with Gasteiger partial charge in [0.2, 0.25) is 0 Å². The van der Waals surface area contributed by atoms with Gasteiger partial charge in [0.15, 0.2) is 0 Å². The minimum atomic E-state index is -0.929. The molecule has 2 heterocycles. The van der Waals surface area contributed by atoms with Crippen molar-refractivity contribution in [1.29, 1.82) is 0 Å². The molecular formula is C22H20ClN3O2S. The molecule has 0 spiro atoms. The smallest absolute Gasteiger partial charge is 0.139 e. The number of fused-ring (bicyclic) bond motifs is 1. The van der Waals surface area contributed by atoms with E-state index in [1.807, 2.05) is 37.3 Å². The monoisotopic (exact) mass is 425 g/mol. The highest BCUT2D eigenvalue weighted by Crippen LogP contribution is 2.37. The van der Waals surface area contributed by atoms with E-state index in [1.54, 1.807) is 35.6 Å². The minimum absolute atomic E-state index is 0.265. The molecular weight excluding hydrogens is 406 g/mol. The maximum Gasteiger partial charge on any atom is 0.139 e. The lowest BCUT2D eigenvalue weighted by atomic mass is 10.0. The fourth-order valence-electron chi connectivity index (χ4n) is 3.28. The van der Waals surface area contributed by atoms with Gasteiger partial charge in [-0.15, -0.1) is 11.3 Å². The molecule has 0 saturated carbocycles. The Hall–Kier alpha value is -2.51. The van der Waals surface area contributed by atoms with Gasteiger partial charge in [0, 0.05) is 16.0 Å². The predicted molar refractivity (Wildman–Crippen MR) is 118 cm³/mol. The molecule has 4 rings (SSSR count). The van der Waals surface area contributed by atoms with Crippen LogP contribution in [0, 0.1) is 6.92 Å². The third-order valence-corrected chi connectivity index (χ3v) is 5.87. The molecule has 2 aromatic carbocycles. The highest BCUT2D eigenvalue weighted by molar-refractivity contribution is 7.17. The number of benzene rings is 2. The van der Waals surface area contributed by atoms with Gasteiger partial charge >= 0.3 is 0 Å². The maximum absolute atomic E-state index is 10.8. The van der Waals surface area contributed by atoms with Crippen LogP contribution < -0.4 is 5.32 Å². The van der Waals surface area contributed by atoms with E-state index in [0.717, 1.165) is 21.3 Å². The number of halogens is 1. The van der Waals surface area contributed by atoms with Crippen LogP contribution in [0.4, 0.5) is 5.82 Å². The summed E-state index contributed by atoms with van der Waals surface area (Å²) in [5, 5.41) is 27.5. The van der Waals surface area contributed by atoms with Gasteiger partial charge in [0.1, 0.15) is 22.6 Å². The minimum Gasteiger partial charge on any atom is -0.394 e. The predicted octanol–water partition coefficient (Wildman–Crippen LogP) is 4.83. The second-order valence-electron chi connectivity index (χ2n) is 6.74. The number of aliphatic hydroxyl groups is 2. The van der Waals surface area contributed by atoms with E-state index >= 15 is 0 Å². The van der Waals surface area contributed by atoms with Crippen LogP contribution in [0.5, 0.6) is 0 Å². The quantitative estimate of drug-likeness (QED) is 0.412. The van der Waals surface area contributed by atoms with Crippen LogP contribution in [0.2, 0.25) is 5.02 Å². The highest BCUT2D eigenvalue weighted by Gasteiger charge is 2.23. The fourth-order valence-corrected chi connectivity index (χ4v) is 4.39. The first-order chi connectivity index (χ1) is 14.1. The molecule has 0 amide bonds. The lowest BCUT2D eigenvalue weighted by Crippen LogP contribution is -2.31. The molecule has 2 atom stereocenters. The van der Waals surface area contributed by atoms with Crippen molar-refractivity contribution in [1.82, 2.24) is 9.97 Å². The zero-order valence-corrected chi connectivity index (χ0v) is 17.3. The molecule has 5 nitrogen and oxygen atoms in total. The Morgan fingerprint density at radius 2 is 1.79 bits per heavy atom. The van der Waals surface area contributed by atoms with E-state index in [-0.39, 0.29) is 6.61 Å². The molecule has 2 aromatic heterocycles. The number of nitrogens with one attached hydrogen (secondary N) is 1. The van der Waals surface area contributed by atoms with Crippen molar-refractivity contribution in [3.63, 3.8) is 0 Å². The molecule has 148 valence electrons. The van der Waals surface area contributed by atoms with Crippen molar-refractivity contribution < 1.29 is 10.2 Å². The van der Waals surface area contributed by atoms with E-state index in [4.69, 9.17) is 11.6 Å². The Bertz CT molecular complexity index is 1120. The van der Waals surface area contributed by atoms with E-state index in [2.05, 4.69) is 20.7 Å². The number of thiophene rings is 1. The maximum atomic E-state index is 10.8. The summed E-state index contributed by atoms with van der Waals surface area (Å²) in [7, 11) is 0. The topological polar surface area (TPSA) is 78.3 Å². The standard InChI is InChI=1S/C22H20ClN3O2S/c1-13-24-21(26-18(11-27)20(28)15-7-9-16(23)10-8-15)19-17(12-29-22(19)25-13)14-5-3-2-4-6-14/h2-10,12,18,20,27-28H,11H2,1H3,(H,24,25,26). The Balaban J connectivity index is 1.74. The number of anilines is 1. The molecule has 0 radical (unpaired) electrons. The average molecular weight is 426 g/mol. The molecule has 29 heavy (non-hydrogen) atoms. The number of rotatable bonds is 6. The highest BCUT2D eigenvalue weighted by atomic mass is 35.5. The van der Waals surface area contributed by atoms with E-state index in [9.17, 15) is 10.2 Å². The van der Waals surface area contributed by atoms with Gasteiger partial charge in [0.25, 0.3) is 0 Å². The van der Waals surface area contributed by atoms with Crippen LogP contribution in [-0.4, -0.2) is 32.8 Å². The van der Waals surface area contributed by atoms with Crippen LogP contribution >= 0.6 is 22.9 Å². The van der Waals surface area contributed by atoms with E-state index in [1.165, 1.54) is 0 Å². The Kier molecular flexibility index (Phi) is 5.78. The molecule has 7 heteroatoms. The molecule has 0 aliphatic carbocycles. The van der Waals surface area contributed by atoms with Crippen LogP contribution in [0.25, 0.3) is 21.3 Å². The van der Waals surface area contributed by atoms with Crippen molar-refractivity contribution >= 4 is 39.0 Å². The molecule has 3 N–H and O–H groups in total. The molecule has 0 aliphatic heterocycles. The molecule has 0 aliphatic rings. The summed E-state index contributed by atoms with van der Waals surface area (Å²) in [5.41, 5.74) is 2.75. The number of aliphatic hydroxyl groups excluding tert-OH is 2. The zero-order chi connectivity index (χ0) is 20.4. The van der Waals surface area contributed by atoms with Crippen molar-refractivity contribution in [3.8, 4) is 11.1 Å². The summed E-state index contributed by atoms with van der Waals surface area (Å²) in [4.78, 5) is 9.99. The summed E-state index contributed by atoms with van der Waals surface area (Å²) in [5.74, 6) is 1.22. The summed E-state index contributed by atoms with van der Waals surface area (Å²) in [6.07, 6.45) is -0.929. The second-order valence-corrected chi connectivity index (χ2v) is 8.04. The third kappa shape index (κ3) is 4.11. The molecule has 0 fully saturated rings. The summed E-state index contributed by atoms with van der Waals surface area (Å²) in [6, 6.07) is 16.3. The number of aryl methyl sites for hydroxylation is 1. The molecule has 0 bridgehead atoms. The van der Waals surface area contributed by atoms with E-state index < -0.39 is 12.1 Å². The number of hydrogen-bond donors (Lipinski definition) is 3. The number of hydrogen-bond acceptors (Lipinski definition) is 6. The fraction of sp³-hybridized carbons (Fsp3) is 0.182. The summed E-state index contributed by atoms with van der Waals surface area (Å²) < 4.78 is 0. The van der Waals surface area contributed by atoms with Crippen LogP contribution in [0.3, 0.4) is 0 Å². The van der Waals surface area contributed by atoms with Crippen LogP contribution in [0.1, 0.15) is 17.5 Å². The van der Waals surface area contributed by atoms with Gasteiger partial charge in [-0.25, -0.2) is 9.97 Å². The zero-order valence-electron chi connectivity index (χ0n) is 15.7. The normalized spacial score (nSPS) is 13.4. The SMILES string of the molecule is Cc1nc(NC(CO)C(O)c2ccc(Cl)cc2)c2c(-c3ccccc3)csc2n1. The van der Waals surface area contributed by atoms with Gasteiger partial charge in [-0.1, -0.05) is 54.1 Å². The van der Waals surface area contributed by atoms with Gasteiger partial charge in [-0.3, -0.25) is 0 Å². The Labute approximate surface area is 177 Å². The first-order valence-electron chi connectivity index (χ1n) is 9.19. The number of aromatic nitrogens is 2. The average Bonchev–Trinajstić information content (AvgIpc) is 3.16. The van der Waals surface area contributed by atoms with Crippen molar-refractivity contribution in [2.24, 2.45) is 0 Å². The largest absolute Gasteiger partial charge is 0.394 e. The Morgan fingerprint density at radius 1 is 1.07 bits per heavy atom. The first kappa shape index (κ1) is 19.8. The van der Waals surface area contributed by atoms with Gasteiger partial charge < -0.3 is 15.5 Å². The first-order valence-corrected chi connectivity index (χ1v) is 10.4. The summed E-state index contributed by atoms with van der Waals surface area (Å²) >= 11 is 7.49. The van der Waals surface area contributed by atoms with Crippen molar-refractivity contribution in [2.75, 3.05) is 11.9 Å². The van der Waals surface area contributed by atoms with Gasteiger partial charge in [0.05, 0.1) is 18.0 Å². The molecule has 2 unspecified atom stereocenters. The lowest BCUT2D eigenvalue weighted by Gasteiger charge is -2.24.